The first kappa shape index (κ1) is 17.5. The fourth-order valence-corrected chi connectivity index (χ4v) is 3.59. The van der Waals surface area contributed by atoms with Crippen molar-refractivity contribution in [3.05, 3.63) is 46.5 Å². The minimum absolute atomic E-state index is 0.299. The van der Waals surface area contributed by atoms with E-state index in [-0.39, 0.29) is 0 Å². The number of carboxylic acid groups (broad SMARTS) is 1. The van der Waals surface area contributed by atoms with Gasteiger partial charge in [0, 0.05) is 23.3 Å². The molecule has 1 fully saturated rings. The second-order valence-corrected chi connectivity index (χ2v) is 6.82. The number of carboxylic acids is 1. The van der Waals surface area contributed by atoms with Crippen molar-refractivity contribution < 1.29 is 9.90 Å². The summed E-state index contributed by atoms with van der Waals surface area (Å²) >= 11 is 6.30. The Morgan fingerprint density at radius 2 is 2.20 bits per heavy atom. The monoisotopic (exact) mass is 359 g/mol. The van der Waals surface area contributed by atoms with Crippen LogP contribution in [0.15, 0.2) is 30.3 Å². The van der Waals surface area contributed by atoms with Gasteiger partial charge in [-0.3, -0.25) is 0 Å². The van der Waals surface area contributed by atoms with Crippen LogP contribution in [0.2, 0.25) is 5.02 Å². The van der Waals surface area contributed by atoms with Gasteiger partial charge in [0.25, 0.3) is 0 Å². The van der Waals surface area contributed by atoms with Crippen molar-refractivity contribution in [1.29, 1.82) is 0 Å². The van der Waals surface area contributed by atoms with E-state index in [0.29, 0.717) is 28.0 Å². The third kappa shape index (κ3) is 3.87. The number of halogens is 1. The van der Waals surface area contributed by atoms with Crippen LogP contribution in [-0.2, 0) is 0 Å². The molecule has 1 aromatic carbocycles. The molecule has 25 heavy (non-hydrogen) atoms. The predicted molar refractivity (Wildman–Crippen MR) is 101 cm³/mol. The highest BCUT2D eigenvalue weighted by Gasteiger charge is 2.24. The van der Waals surface area contributed by atoms with Gasteiger partial charge in [0.15, 0.2) is 0 Å². The lowest BCUT2D eigenvalue weighted by Crippen LogP contribution is -2.29. The Kier molecular flexibility index (Phi) is 5.13. The Hall–Kier alpha value is -2.27. The molecule has 0 aliphatic carbocycles. The van der Waals surface area contributed by atoms with E-state index in [1.54, 1.807) is 31.2 Å². The van der Waals surface area contributed by atoms with Crippen LogP contribution in [0.3, 0.4) is 0 Å². The summed E-state index contributed by atoms with van der Waals surface area (Å²) in [7, 11) is 0. The number of nitrogens with one attached hydrogen (secondary N) is 1. The van der Waals surface area contributed by atoms with Crippen LogP contribution in [-0.4, -0.2) is 28.6 Å². The van der Waals surface area contributed by atoms with Crippen molar-refractivity contribution in [2.45, 2.75) is 39.2 Å². The third-order valence-electron chi connectivity index (χ3n) is 4.65. The molecule has 1 aromatic heterocycles. The molecular formula is C19H22ClN3O2. The number of pyridine rings is 1. The smallest absolute Gasteiger partial charge is 0.335 e. The molecule has 1 aliphatic rings. The van der Waals surface area contributed by atoms with Gasteiger partial charge in [0.2, 0.25) is 0 Å². The number of aromatic carboxylic acids is 1. The molecule has 5 nitrogen and oxygen atoms in total. The quantitative estimate of drug-likeness (QED) is 0.797. The van der Waals surface area contributed by atoms with Crippen LogP contribution in [0.5, 0.6) is 0 Å². The summed E-state index contributed by atoms with van der Waals surface area (Å²) in [5, 5.41) is 13.0. The van der Waals surface area contributed by atoms with E-state index in [9.17, 15) is 4.79 Å². The Morgan fingerprint density at radius 3 is 2.88 bits per heavy atom. The first-order chi connectivity index (χ1) is 12.0. The molecule has 0 spiro atoms. The summed E-state index contributed by atoms with van der Waals surface area (Å²) in [6, 6.07) is 9.33. The van der Waals surface area contributed by atoms with E-state index < -0.39 is 5.97 Å². The van der Waals surface area contributed by atoms with Crippen molar-refractivity contribution in [2.24, 2.45) is 0 Å². The number of aryl methyl sites for hydroxylation is 1. The van der Waals surface area contributed by atoms with Gasteiger partial charge in [0.05, 0.1) is 5.56 Å². The van der Waals surface area contributed by atoms with E-state index in [2.05, 4.69) is 17.1 Å². The number of benzene rings is 1. The number of nitrogens with zero attached hydrogens (tertiary/aromatic N) is 2. The van der Waals surface area contributed by atoms with Gasteiger partial charge in [-0.15, -0.1) is 0 Å². The van der Waals surface area contributed by atoms with Crippen molar-refractivity contribution in [3.8, 4) is 0 Å². The van der Waals surface area contributed by atoms with Gasteiger partial charge in [-0.05, 0) is 62.1 Å². The van der Waals surface area contributed by atoms with E-state index in [0.717, 1.165) is 24.5 Å². The van der Waals surface area contributed by atoms with E-state index >= 15 is 0 Å². The molecule has 0 bridgehead atoms. The number of hydrogen-bond donors (Lipinski definition) is 2. The summed E-state index contributed by atoms with van der Waals surface area (Å²) < 4.78 is 0. The second kappa shape index (κ2) is 7.31. The normalized spacial score (nSPS) is 16.9. The van der Waals surface area contributed by atoms with Crippen molar-refractivity contribution in [2.75, 3.05) is 16.8 Å². The molecule has 6 heteroatoms. The van der Waals surface area contributed by atoms with Gasteiger partial charge in [0.1, 0.15) is 11.6 Å². The molecule has 2 N–H and O–H groups in total. The van der Waals surface area contributed by atoms with Gasteiger partial charge in [-0.1, -0.05) is 18.5 Å². The highest BCUT2D eigenvalue weighted by Crippen LogP contribution is 2.30. The molecule has 0 saturated carbocycles. The average Bonchev–Trinajstić information content (AvgIpc) is 3.02. The van der Waals surface area contributed by atoms with E-state index in [1.165, 1.54) is 12.8 Å². The maximum Gasteiger partial charge on any atom is 0.335 e. The number of carbonyl (C=O) groups is 1. The molecule has 0 unspecified atom stereocenters. The number of aromatic nitrogens is 1. The minimum atomic E-state index is -0.924. The fraction of sp³-hybridized carbons (Fsp3) is 0.368. The molecule has 2 heterocycles. The molecular weight excluding hydrogens is 338 g/mol. The predicted octanol–water partition coefficient (Wildman–Crippen LogP) is 4.86. The zero-order valence-corrected chi connectivity index (χ0v) is 15.2. The van der Waals surface area contributed by atoms with Crippen LogP contribution in [0, 0.1) is 6.92 Å². The molecule has 0 radical (unpaired) electrons. The van der Waals surface area contributed by atoms with Crippen molar-refractivity contribution in [1.82, 2.24) is 4.98 Å². The van der Waals surface area contributed by atoms with Gasteiger partial charge in [-0.25, -0.2) is 9.78 Å². The van der Waals surface area contributed by atoms with Crippen molar-refractivity contribution >= 4 is 34.9 Å². The maximum absolute atomic E-state index is 11.1. The van der Waals surface area contributed by atoms with Crippen LogP contribution in [0.1, 0.15) is 42.1 Å². The Bertz CT molecular complexity index is 794. The summed E-state index contributed by atoms with van der Waals surface area (Å²) in [6.45, 7) is 4.97. The SMILES string of the molecule is CC[C@@H]1CCCN1c1cc(Cl)cc(Nc2ccc(C(=O)O)c(C)c2)n1. The Labute approximate surface area is 152 Å². The number of rotatable bonds is 5. The van der Waals surface area contributed by atoms with Crippen LogP contribution >= 0.6 is 11.6 Å². The fourth-order valence-electron chi connectivity index (χ4n) is 3.39. The molecule has 1 atom stereocenters. The second-order valence-electron chi connectivity index (χ2n) is 6.39. The van der Waals surface area contributed by atoms with Crippen LogP contribution < -0.4 is 10.2 Å². The zero-order valence-electron chi connectivity index (χ0n) is 14.4. The molecule has 132 valence electrons. The molecule has 1 saturated heterocycles. The number of hydrogen-bond acceptors (Lipinski definition) is 4. The maximum atomic E-state index is 11.1. The summed E-state index contributed by atoms with van der Waals surface area (Å²) in [4.78, 5) is 18.2. The number of anilines is 3. The van der Waals surface area contributed by atoms with Crippen molar-refractivity contribution in [3.63, 3.8) is 0 Å². The van der Waals surface area contributed by atoms with Gasteiger partial charge >= 0.3 is 5.97 Å². The standard InChI is InChI=1S/C19H22ClN3O2/c1-3-15-5-4-8-23(15)18-11-13(20)10-17(22-18)21-14-6-7-16(19(24)25)12(2)9-14/h6-7,9-11,15H,3-5,8H2,1-2H3,(H,21,22)(H,24,25)/t15-/m1/s1. The lowest BCUT2D eigenvalue weighted by molar-refractivity contribution is 0.0696. The molecule has 1 aliphatic heterocycles. The molecule has 0 amide bonds. The van der Waals surface area contributed by atoms with Gasteiger partial charge in [-0.2, -0.15) is 0 Å². The van der Waals surface area contributed by atoms with Crippen LogP contribution in [0.25, 0.3) is 0 Å². The lowest BCUT2D eigenvalue weighted by Gasteiger charge is -2.25. The Morgan fingerprint density at radius 1 is 1.40 bits per heavy atom. The summed E-state index contributed by atoms with van der Waals surface area (Å²) in [5.74, 6) is 0.622. The first-order valence-corrected chi connectivity index (χ1v) is 8.91. The topological polar surface area (TPSA) is 65.5 Å². The minimum Gasteiger partial charge on any atom is -0.478 e. The highest BCUT2D eigenvalue weighted by molar-refractivity contribution is 6.31. The summed E-state index contributed by atoms with van der Waals surface area (Å²) in [6.07, 6.45) is 3.45. The average molecular weight is 360 g/mol. The first-order valence-electron chi connectivity index (χ1n) is 8.53. The zero-order chi connectivity index (χ0) is 18.0. The van der Waals surface area contributed by atoms with Crippen LogP contribution in [0.4, 0.5) is 17.3 Å². The highest BCUT2D eigenvalue weighted by atomic mass is 35.5. The largest absolute Gasteiger partial charge is 0.478 e. The third-order valence-corrected chi connectivity index (χ3v) is 4.87. The van der Waals surface area contributed by atoms with Gasteiger partial charge < -0.3 is 15.3 Å². The molecule has 2 aromatic rings. The van der Waals surface area contributed by atoms with E-state index in [1.807, 2.05) is 6.07 Å². The summed E-state index contributed by atoms with van der Waals surface area (Å²) in [5.41, 5.74) is 1.79. The molecule has 3 rings (SSSR count). The van der Waals surface area contributed by atoms with E-state index in [4.69, 9.17) is 21.7 Å². The lowest BCUT2D eigenvalue weighted by atomic mass is 10.1. The Balaban J connectivity index is 1.86.